The number of carbonyl (C=O) groups excluding carboxylic acids is 1. The minimum atomic E-state index is -1.09. The molecule has 1 aromatic carbocycles. The van der Waals surface area contributed by atoms with Crippen LogP contribution in [0.3, 0.4) is 0 Å². The van der Waals surface area contributed by atoms with E-state index in [1.807, 2.05) is 6.92 Å². The second-order valence-electron chi connectivity index (χ2n) is 4.90. The molecule has 1 unspecified atom stereocenters. The summed E-state index contributed by atoms with van der Waals surface area (Å²) in [6, 6.07) is 4.14. The van der Waals surface area contributed by atoms with Crippen LogP contribution < -0.4 is 0 Å². The molecule has 0 bridgehead atoms. The molecule has 0 radical (unpaired) electrons. The van der Waals surface area contributed by atoms with Crippen molar-refractivity contribution in [1.82, 2.24) is 4.90 Å². The minimum absolute atomic E-state index is 0.00807. The number of carboxylic acid groups (broad SMARTS) is 1. The SMILES string of the molecule is CC1CCCN1C(=O)c1cc(C=CC(=O)O)ccc1F. The number of aliphatic carboxylic acids is 1. The number of rotatable bonds is 3. The number of benzene rings is 1. The van der Waals surface area contributed by atoms with Crippen LogP contribution in [-0.4, -0.2) is 34.5 Å². The van der Waals surface area contributed by atoms with Crippen molar-refractivity contribution in [3.05, 3.63) is 41.2 Å². The number of hydrogen-bond acceptors (Lipinski definition) is 2. The number of nitrogens with zero attached hydrogens (tertiary/aromatic N) is 1. The van der Waals surface area contributed by atoms with Crippen LogP contribution in [0, 0.1) is 5.82 Å². The summed E-state index contributed by atoms with van der Waals surface area (Å²) in [5.41, 5.74) is 0.482. The molecule has 0 aromatic heterocycles. The molecule has 5 heteroatoms. The Bertz CT molecular complexity index is 568. The van der Waals surface area contributed by atoms with Gasteiger partial charge in [-0.1, -0.05) is 6.07 Å². The lowest BCUT2D eigenvalue weighted by molar-refractivity contribution is -0.131. The summed E-state index contributed by atoms with van der Waals surface area (Å²) in [5.74, 6) is -2.00. The summed E-state index contributed by atoms with van der Waals surface area (Å²) < 4.78 is 13.8. The van der Waals surface area contributed by atoms with Crippen LogP contribution >= 0.6 is 0 Å². The molecule has 1 aliphatic rings. The van der Waals surface area contributed by atoms with Gasteiger partial charge in [0.15, 0.2) is 0 Å². The zero-order valence-corrected chi connectivity index (χ0v) is 11.2. The lowest BCUT2D eigenvalue weighted by atomic mass is 10.1. The Kier molecular flexibility index (Phi) is 4.17. The van der Waals surface area contributed by atoms with Crippen LogP contribution in [0.5, 0.6) is 0 Å². The van der Waals surface area contributed by atoms with Gasteiger partial charge in [0.2, 0.25) is 0 Å². The highest BCUT2D eigenvalue weighted by atomic mass is 19.1. The fourth-order valence-electron chi connectivity index (χ4n) is 2.37. The molecule has 106 valence electrons. The number of hydrogen-bond donors (Lipinski definition) is 1. The van der Waals surface area contributed by atoms with Crippen LogP contribution in [0.25, 0.3) is 6.08 Å². The predicted octanol–water partition coefficient (Wildman–Crippen LogP) is 2.55. The first-order valence-corrected chi connectivity index (χ1v) is 6.50. The van der Waals surface area contributed by atoms with Crippen molar-refractivity contribution in [1.29, 1.82) is 0 Å². The first kappa shape index (κ1) is 14.2. The molecule has 1 atom stereocenters. The van der Waals surface area contributed by atoms with E-state index in [2.05, 4.69) is 0 Å². The zero-order chi connectivity index (χ0) is 14.7. The van der Waals surface area contributed by atoms with Crippen LogP contribution in [0.1, 0.15) is 35.7 Å². The second-order valence-corrected chi connectivity index (χ2v) is 4.90. The van der Waals surface area contributed by atoms with Gasteiger partial charge in [-0.2, -0.15) is 0 Å². The van der Waals surface area contributed by atoms with Gasteiger partial charge in [0.1, 0.15) is 5.82 Å². The molecule has 0 aliphatic carbocycles. The van der Waals surface area contributed by atoms with Crippen molar-refractivity contribution in [2.24, 2.45) is 0 Å². The molecular formula is C15H16FNO3. The zero-order valence-electron chi connectivity index (χ0n) is 11.2. The standard InChI is InChI=1S/C15H16FNO3/c1-10-3-2-8-17(10)15(20)12-9-11(4-6-13(12)16)5-7-14(18)19/h4-7,9-10H,2-3,8H2,1H3,(H,18,19). The van der Waals surface area contributed by atoms with Crippen molar-refractivity contribution >= 4 is 18.0 Å². The van der Waals surface area contributed by atoms with Crippen LogP contribution in [-0.2, 0) is 4.79 Å². The third-order valence-corrected chi connectivity index (χ3v) is 3.45. The number of carbonyl (C=O) groups is 2. The van der Waals surface area contributed by atoms with E-state index in [4.69, 9.17) is 5.11 Å². The molecule has 2 rings (SSSR count). The molecule has 1 N–H and O–H groups in total. The van der Waals surface area contributed by atoms with E-state index in [1.165, 1.54) is 24.3 Å². The second kappa shape index (κ2) is 5.86. The van der Waals surface area contributed by atoms with Gasteiger partial charge in [-0.25, -0.2) is 9.18 Å². The molecule has 1 saturated heterocycles. The van der Waals surface area contributed by atoms with E-state index >= 15 is 0 Å². The van der Waals surface area contributed by atoms with Gasteiger partial charge < -0.3 is 10.0 Å². The van der Waals surface area contributed by atoms with Gasteiger partial charge in [0.25, 0.3) is 5.91 Å². The highest BCUT2D eigenvalue weighted by Gasteiger charge is 2.27. The lowest BCUT2D eigenvalue weighted by Crippen LogP contribution is -2.34. The molecule has 0 saturated carbocycles. The summed E-state index contributed by atoms with van der Waals surface area (Å²) in [4.78, 5) is 24.4. The van der Waals surface area contributed by atoms with Crippen LogP contribution in [0.2, 0.25) is 0 Å². The van der Waals surface area contributed by atoms with E-state index in [0.717, 1.165) is 18.9 Å². The van der Waals surface area contributed by atoms with E-state index in [9.17, 15) is 14.0 Å². The van der Waals surface area contributed by atoms with Gasteiger partial charge in [-0.3, -0.25) is 4.79 Å². The molecular weight excluding hydrogens is 261 g/mol. The maximum Gasteiger partial charge on any atom is 0.328 e. The number of likely N-dealkylation sites (tertiary alicyclic amines) is 1. The van der Waals surface area contributed by atoms with E-state index in [-0.39, 0.29) is 17.5 Å². The normalized spacial score (nSPS) is 18.7. The lowest BCUT2D eigenvalue weighted by Gasteiger charge is -2.21. The molecule has 20 heavy (non-hydrogen) atoms. The average Bonchev–Trinajstić information content (AvgIpc) is 2.83. The van der Waals surface area contributed by atoms with E-state index < -0.39 is 11.8 Å². The van der Waals surface area contributed by atoms with Gasteiger partial charge in [0, 0.05) is 18.7 Å². The molecule has 1 aromatic rings. The van der Waals surface area contributed by atoms with Gasteiger partial charge in [0.05, 0.1) is 5.56 Å². The Balaban J connectivity index is 2.28. The third kappa shape index (κ3) is 3.04. The Morgan fingerprint density at radius 2 is 2.20 bits per heavy atom. The first-order valence-electron chi connectivity index (χ1n) is 6.50. The van der Waals surface area contributed by atoms with Gasteiger partial charge in [-0.15, -0.1) is 0 Å². The molecule has 4 nitrogen and oxygen atoms in total. The fraction of sp³-hybridized carbons (Fsp3) is 0.333. The number of amides is 1. The smallest absolute Gasteiger partial charge is 0.328 e. The maximum atomic E-state index is 13.8. The van der Waals surface area contributed by atoms with Crippen molar-refractivity contribution in [2.45, 2.75) is 25.8 Å². The number of carboxylic acids is 1. The van der Waals surface area contributed by atoms with Crippen molar-refractivity contribution in [3.63, 3.8) is 0 Å². The quantitative estimate of drug-likeness (QED) is 0.864. The molecule has 1 heterocycles. The average molecular weight is 277 g/mol. The largest absolute Gasteiger partial charge is 0.478 e. The summed E-state index contributed by atoms with van der Waals surface area (Å²) in [6.07, 6.45) is 4.14. The molecule has 0 spiro atoms. The van der Waals surface area contributed by atoms with Crippen molar-refractivity contribution < 1.29 is 19.1 Å². The summed E-state index contributed by atoms with van der Waals surface area (Å²) in [7, 11) is 0. The fourth-order valence-corrected chi connectivity index (χ4v) is 2.37. The Labute approximate surface area is 116 Å². The molecule has 1 fully saturated rings. The highest BCUT2D eigenvalue weighted by molar-refractivity contribution is 5.95. The Hall–Kier alpha value is -2.17. The van der Waals surface area contributed by atoms with E-state index in [1.54, 1.807) is 4.90 Å². The van der Waals surface area contributed by atoms with Gasteiger partial charge >= 0.3 is 5.97 Å². The topological polar surface area (TPSA) is 57.6 Å². The van der Waals surface area contributed by atoms with Crippen molar-refractivity contribution in [3.8, 4) is 0 Å². The first-order chi connectivity index (χ1) is 9.49. The minimum Gasteiger partial charge on any atom is -0.478 e. The summed E-state index contributed by atoms with van der Waals surface area (Å²) in [6.45, 7) is 2.58. The van der Waals surface area contributed by atoms with Crippen LogP contribution in [0.4, 0.5) is 4.39 Å². The Morgan fingerprint density at radius 1 is 1.45 bits per heavy atom. The van der Waals surface area contributed by atoms with Crippen LogP contribution in [0.15, 0.2) is 24.3 Å². The third-order valence-electron chi connectivity index (χ3n) is 3.45. The molecule has 1 aliphatic heterocycles. The predicted molar refractivity (Wildman–Crippen MR) is 72.8 cm³/mol. The number of halogens is 1. The van der Waals surface area contributed by atoms with Crippen molar-refractivity contribution in [2.75, 3.05) is 6.54 Å². The van der Waals surface area contributed by atoms with Gasteiger partial charge in [-0.05, 0) is 43.5 Å². The monoisotopic (exact) mass is 277 g/mol. The summed E-state index contributed by atoms with van der Waals surface area (Å²) in [5, 5.41) is 8.58. The van der Waals surface area contributed by atoms with E-state index in [0.29, 0.717) is 12.1 Å². The molecule has 1 amide bonds. The summed E-state index contributed by atoms with van der Waals surface area (Å²) >= 11 is 0. The maximum absolute atomic E-state index is 13.8. The Morgan fingerprint density at radius 3 is 2.80 bits per heavy atom. The highest BCUT2D eigenvalue weighted by Crippen LogP contribution is 2.21.